The van der Waals surface area contributed by atoms with Gasteiger partial charge in [-0.15, -0.1) is 0 Å². The molecule has 2 aliphatic rings. The quantitative estimate of drug-likeness (QED) is 0.737. The molecule has 0 amide bonds. The predicted molar refractivity (Wildman–Crippen MR) is 60.0 cm³/mol. The molecule has 2 N–H and O–H groups in total. The summed E-state index contributed by atoms with van der Waals surface area (Å²) in [7, 11) is 2.09. The van der Waals surface area contributed by atoms with Gasteiger partial charge in [-0.3, -0.25) is 0 Å². The summed E-state index contributed by atoms with van der Waals surface area (Å²) in [6, 6.07) is 2.31. The van der Waals surface area contributed by atoms with Gasteiger partial charge in [0, 0.05) is 13.1 Å². The van der Waals surface area contributed by atoms with Crippen LogP contribution in [-0.2, 0) is 0 Å². The molecule has 3 nitrogen and oxygen atoms in total. The summed E-state index contributed by atoms with van der Waals surface area (Å²) in [4.78, 5) is 2.25. The molecular formula is C12H21N3. The third-order valence-electron chi connectivity index (χ3n) is 3.87. The second-order valence-electron chi connectivity index (χ2n) is 5.60. The van der Waals surface area contributed by atoms with Crippen LogP contribution in [0.1, 0.15) is 26.2 Å². The Morgan fingerprint density at radius 2 is 2.13 bits per heavy atom. The molecule has 2 saturated carbocycles. The lowest BCUT2D eigenvalue weighted by atomic mass is 9.96. The van der Waals surface area contributed by atoms with E-state index in [4.69, 9.17) is 11.0 Å². The molecule has 0 radical (unpaired) electrons. The number of nitriles is 1. The van der Waals surface area contributed by atoms with Gasteiger partial charge in [0.2, 0.25) is 0 Å². The molecule has 0 heterocycles. The zero-order valence-corrected chi connectivity index (χ0v) is 9.74. The van der Waals surface area contributed by atoms with Gasteiger partial charge in [0.15, 0.2) is 0 Å². The van der Waals surface area contributed by atoms with Gasteiger partial charge in [0.25, 0.3) is 0 Å². The Balaban J connectivity index is 1.81. The van der Waals surface area contributed by atoms with Gasteiger partial charge in [-0.05, 0) is 44.1 Å². The molecule has 0 saturated heterocycles. The zero-order chi connectivity index (χ0) is 11.1. The molecule has 2 rings (SSSR count). The van der Waals surface area contributed by atoms with Crippen LogP contribution in [0.3, 0.4) is 0 Å². The van der Waals surface area contributed by atoms with Crippen molar-refractivity contribution in [2.24, 2.45) is 23.5 Å². The SMILES string of the molecule is CC1CC1CN(C)CC(N)(C#N)C1CC1. The summed E-state index contributed by atoms with van der Waals surface area (Å²) in [6.45, 7) is 4.13. The molecular weight excluding hydrogens is 186 g/mol. The van der Waals surface area contributed by atoms with Crippen molar-refractivity contribution in [3.05, 3.63) is 0 Å². The predicted octanol–water partition coefficient (Wildman–Crippen LogP) is 1.21. The molecule has 0 spiro atoms. The first-order valence-corrected chi connectivity index (χ1v) is 5.94. The fraction of sp³-hybridized carbons (Fsp3) is 0.917. The van der Waals surface area contributed by atoms with E-state index in [1.807, 2.05) is 0 Å². The molecule has 2 aliphatic carbocycles. The molecule has 2 fully saturated rings. The van der Waals surface area contributed by atoms with Crippen LogP contribution in [0.5, 0.6) is 0 Å². The Morgan fingerprint density at radius 3 is 2.53 bits per heavy atom. The van der Waals surface area contributed by atoms with Crippen LogP contribution in [0.2, 0.25) is 0 Å². The second kappa shape index (κ2) is 3.77. The molecule has 0 aromatic carbocycles. The monoisotopic (exact) mass is 207 g/mol. The standard InChI is InChI=1S/C12H21N3/c1-9-5-10(9)6-15(2)8-12(14,7-13)11-3-4-11/h9-11H,3-6,8,14H2,1-2H3. The third-order valence-corrected chi connectivity index (χ3v) is 3.87. The summed E-state index contributed by atoms with van der Waals surface area (Å²) in [5, 5.41) is 9.14. The third kappa shape index (κ3) is 2.50. The topological polar surface area (TPSA) is 53.0 Å². The first kappa shape index (κ1) is 10.9. The van der Waals surface area contributed by atoms with E-state index in [2.05, 4.69) is 24.9 Å². The Morgan fingerprint density at radius 1 is 1.53 bits per heavy atom. The first-order valence-electron chi connectivity index (χ1n) is 5.94. The van der Waals surface area contributed by atoms with Crippen molar-refractivity contribution >= 4 is 0 Å². The van der Waals surface area contributed by atoms with Crippen molar-refractivity contribution in [3.8, 4) is 6.07 Å². The van der Waals surface area contributed by atoms with E-state index in [1.54, 1.807) is 0 Å². The number of nitrogens with two attached hydrogens (primary N) is 1. The van der Waals surface area contributed by atoms with Crippen LogP contribution in [0.15, 0.2) is 0 Å². The van der Waals surface area contributed by atoms with E-state index in [1.165, 1.54) is 6.42 Å². The molecule has 0 aromatic rings. The highest BCUT2D eigenvalue weighted by atomic mass is 15.1. The number of hydrogen-bond acceptors (Lipinski definition) is 3. The van der Waals surface area contributed by atoms with Crippen LogP contribution in [-0.4, -0.2) is 30.6 Å². The van der Waals surface area contributed by atoms with Crippen LogP contribution >= 0.6 is 0 Å². The number of likely N-dealkylation sites (N-methyl/N-ethyl adjacent to an activating group) is 1. The second-order valence-corrected chi connectivity index (χ2v) is 5.60. The van der Waals surface area contributed by atoms with Gasteiger partial charge >= 0.3 is 0 Å². The first-order chi connectivity index (χ1) is 7.05. The lowest BCUT2D eigenvalue weighted by Gasteiger charge is -2.27. The largest absolute Gasteiger partial charge is 0.312 e. The maximum Gasteiger partial charge on any atom is 0.119 e. The fourth-order valence-electron chi connectivity index (χ4n) is 2.42. The van der Waals surface area contributed by atoms with Crippen molar-refractivity contribution < 1.29 is 0 Å². The minimum absolute atomic E-state index is 0.446. The van der Waals surface area contributed by atoms with E-state index in [-0.39, 0.29) is 0 Å². The Bertz CT molecular complexity index is 279. The Kier molecular flexibility index (Phi) is 2.74. The van der Waals surface area contributed by atoms with Gasteiger partial charge in [0.1, 0.15) is 5.54 Å². The minimum atomic E-state index is -0.590. The maximum atomic E-state index is 9.14. The van der Waals surface area contributed by atoms with E-state index < -0.39 is 5.54 Å². The van der Waals surface area contributed by atoms with E-state index >= 15 is 0 Å². The molecule has 3 atom stereocenters. The van der Waals surface area contributed by atoms with Gasteiger partial charge in [-0.25, -0.2) is 0 Å². The molecule has 0 aliphatic heterocycles. The summed E-state index contributed by atoms with van der Waals surface area (Å²) in [5.74, 6) is 2.17. The number of nitrogens with zero attached hydrogens (tertiary/aromatic N) is 2. The smallest absolute Gasteiger partial charge is 0.119 e. The number of hydrogen-bond donors (Lipinski definition) is 1. The van der Waals surface area contributed by atoms with Gasteiger partial charge in [-0.1, -0.05) is 6.92 Å². The Hall–Kier alpha value is -0.590. The van der Waals surface area contributed by atoms with Gasteiger partial charge in [0.05, 0.1) is 6.07 Å². The van der Waals surface area contributed by atoms with Crippen LogP contribution in [0.4, 0.5) is 0 Å². The normalized spacial score (nSPS) is 33.5. The summed E-state index contributed by atoms with van der Waals surface area (Å²) in [6.07, 6.45) is 3.62. The van der Waals surface area contributed by atoms with Crippen molar-refractivity contribution in [1.29, 1.82) is 5.26 Å². The summed E-state index contributed by atoms with van der Waals surface area (Å²) in [5.41, 5.74) is 5.54. The summed E-state index contributed by atoms with van der Waals surface area (Å²) >= 11 is 0. The lowest BCUT2D eigenvalue weighted by molar-refractivity contribution is 0.252. The molecule has 0 aromatic heterocycles. The van der Waals surface area contributed by atoms with Crippen molar-refractivity contribution in [2.75, 3.05) is 20.1 Å². The highest BCUT2D eigenvalue weighted by molar-refractivity contribution is 5.14. The maximum absolute atomic E-state index is 9.14. The van der Waals surface area contributed by atoms with Crippen molar-refractivity contribution in [2.45, 2.75) is 31.7 Å². The minimum Gasteiger partial charge on any atom is -0.312 e. The highest BCUT2D eigenvalue weighted by Gasteiger charge is 2.44. The number of rotatable bonds is 5. The molecule has 15 heavy (non-hydrogen) atoms. The highest BCUT2D eigenvalue weighted by Crippen LogP contribution is 2.40. The van der Waals surface area contributed by atoms with Gasteiger partial charge < -0.3 is 10.6 Å². The van der Waals surface area contributed by atoms with Crippen LogP contribution in [0, 0.1) is 29.1 Å². The summed E-state index contributed by atoms with van der Waals surface area (Å²) < 4.78 is 0. The average molecular weight is 207 g/mol. The Labute approximate surface area is 92.2 Å². The van der Waals surface area contributed by atoms with Crippen molar-refractivity contribution in [3.63, 3.8) is 0 Å². The molecule has 3 unspecified atom stereocenters. The van der Waals surface area contributed by atoms with Crippen molar-refractivity contribution in [1.82, 2.24) is 4.90 Å². The molecule has 3 heteroatoms. The van der Waals surface area contributed by atoms with Crippen LogP contribution in [0.25, 0.3) is 0 Å². The van der Waals surface area contributed by atoms with E-state index in [9.17, 15) is 0 Å². The zero-order valence-electron chi connectivity index (χ0n) is 9.74. The fourth-order valence-corrected chi connectivity index (χ4v) is 2.42. The average Bonchev–Trinajstić information content (AvgIpc) is 3.03. The van der Waals surface area contributed by atoms with Gasteiger partial charge in [-0.2, -0.15) is 5.26 Å². The molecule has 84 valence electrons. The lowest BCUT2D eigenvalue weighted by Crippen LogP contribution is -2.50. The molecule has 0 bridgehead atoms. The van der Waals surface area contributed by atoms with E-state index in [0.717, 1.165) is 37.8 Å². The van der Waals surface area contributed by atoms with E-state index in [0.29, 0.717) is 5.92 Å². The van der Waals surface area contributed by atoms with Crippen LogP contribution < -0.4 is 5.73 Å².